The van der Waals surface area contributed by atoms with Gasteiger partial charge in [-0.05, 0) is 93.6 Å². The van der Waals surface area contributed by atoms with Crippen molar-refractivity contribution in [3.8, 4) is 5.75 Å². The largest absolute Gasteiger partial charge is 0.487 e. The third-order valence-corrected chi connectivity index (χ3v) is 5.48. The van der Waals surface area contributed by atoms with Crippen molar-refractivity contribution >= 4 is 63.2 Å². The number of carbonyl (C=O) groups is 2. The van der Waals surface area contributed by atoms with Crippen LogP contribution in [0.4, 0.5) is 9.18 Å². The van der Waals surface area contributed by atoms with Crippen LogP contribution in [0.5, 0.6) is 5.75 Å². The highest BCUT2D eigenvalue weighted by Crippen LogP contribution is 2.31. The fourth-order valence-corrected chi connectivity index (χ4v) is 4.74. The molecule has 2 aromatic rings. The number of urea groups is 1. The summed E-state index contributed by atoms with van der Waals surface area (Å²) in [6, 6.07) is 9.60. The predicted molar refractivity (Wildman–Crippen MR) is 117 cm³/mol. The van der Waals surface area contributed by atoms with Gasteiger partial charge in [-0.2, -0.15) is 0 Å². The number of rotatable bonds is 5. The molecule has 0 atom stereocenters. The number of hydrogen-bond acceptors (Lipinski definition) is 3. The Morgan fingerprint density at radius 2 is 1.89 bits per heavy atom. The standard InChI is InChI=1S/C19H15FI2N2O3/c1-2-24-18(25)16(23-19(24)26)9-12-7-14(21)17(15(22)8-12)27-10-11-4-3-5-13(20)6-11/h3-9H,2,10H2,1H3,(H,23,26)/b16-9+. The van der Waals surface area contributed by atoms with Crippen molar-refractivity contribution in [2.75, 3.05) is 6.54 Å². The predicted octanol–water partition coefficient (Wildman–Crippen LogP) is 4.53. The maximum absolute atomic E-state index is 13.3. The molecule has 0 saturated carbocycles. The van der Waals surface area contributed by atoms with E-state index in [0.717, 1.165) is 23.2 Å². The average Bonchev–Trinajstić information content (AvgIpc) is 2.87. The summed E-state index contributed by atoms with van der Waals surface area (Å²) in [4.78, 5) is 25.1. The molecule has 1 aliphatic heterocycles. The van der Waals surface area contributed by atoms with Gasteiger partial charge in [0.2, 0.25) is 0 Å². The molecule has 1 aliphatic rings. The van der Waals surface area contributed by atoms with E-state index >= 15 is 0 Å². The Labute approximate surface area is 183 Å². The summed E-state index contributed by atoms with van der Waals surface area (Å²) in [5, 5.41) is 2.59. The highest BCUT2D eigenvalue weighted by Gasteiger charge is 2.32. The van der Waals surface area contributed by atoms with Gasteiger partial charge in [-0.15, -0.1) is 0 Å². The van der Waals surface area contributed by atoms with Crippen molar-refractivity contribution in [2.24, 2.45) is 0 Å². The molecular weight excluding hydrogens is 577 g/mol. The molecule has 0 bridgehead atoms. The zero-order valence-corrected chi connectivity index (χ0v) is 18.6. The topological polar surface area (TPSA) is 58.6 Å². The number of halogens is 3. The minimum Gasteiger partial charge on any atom is -0.487 e. The first-order chi connectivity index (χ1) is 12.9. The molecule has 27 heavy (non-hydrogen) atoms. The number of imide groups is 1. The summed E-state index contributed by atoms with van der Waals surface area (Å²) in [5.74, 6) is 0.0606. The Morgan fingerprint density at radius 1 is 1.19 bits per heavy atom. The lowest BCUT2D eigenvalue weighted by Crippen LogP contribution is -2.30. The zero-order valence-electron chi connectivity index (χ0n) is 14.3. The normalized spacial score (nSPS) is 15.4. The van der Waals surface area contributed by atoms with E-state index < -0.39 is 6.03 Å². The molecular formula is C19H15FI2N2O3. The van der Waals surface area contributed by atoms with E-state index in [0.29, 0.717) is 12.3 Å². The number of hydrogen-bond donors (Lipinski definition) is 1. The number of likely N-dealkylation sites (N-methyl/N-ethyl adjacent to an activating group) is 1. The van der Waals surface area contributed by atoms with Gasteiger partial charge in [-0.1, -0.05) is 12.1 Å². The minimum atomic E-state index is -0.409. The van der Waals surface area contributed by atoms with Crippen LogP contribution < -0.4 is 10.1 Å². The van der Waals surface area contributed by atoms with Crippen LogP contribution in [-0.4, -0.2) is 23.4 Å². The fraction of sp³-hybridized carbons (Fsp3) is 0.158. The first-order valence-electron chi connectivity index (χ1n) is 8.10. The number of ether oxygens (including phenoxy) is 1. The fourth-order valence-electron chi connectivity index (χ4n) is 2.61. The Balaban J connectivity index is 1.80. The van der Waals surface area contributed by atoms with Crippen LogP contribution in [0.3, 0.4) is 0 Å². The van der Waals surface area contributed by atoms with Crippen LogP contribution in [0.25, 0.3) is 6.08 Å². The highest BCUT2D eigenvalue weighted by molar-refractivity contribution is 14.1. The zero-order chi connectivity index (χ0) is 19.6. The molecule has 0 spiro atoms. The molecule has 0 radical (unpaired) electrons. The maximum atomic E-state index is 13.3. The van der Waals surface area contributed by atoms with Crippen LogP contribution in [0.15, 0.2) is 42.1 Å². The second-order valence-corrected chi connectivity index (χ2v) is 8.09. The van der Waals surface area contributed by atoms with E-state index in [1.165, 1.54) is 12.1 Å². The third kappa shape index (κ3) is 4.60. The van der Waals surface area contributed by atoms with E-state index in [2.05, 4.69) is 50.5 Å². The summed E-state index contributed by atoms with van der Waals surface area (Å²) in [6.45, 7) is 2.32. The molecule has 140 valence electrons. The lowest BCUT2D eigenvalue weighted by atomic mass is 10.2. The van der Waals surface area contributed by atoms with Crippen molar-refractivity contribution in [1.29, 1.82) is 0 Å². The van der Waals surface area contributed by atoms with Crippen molar-refractivity contribution in [2.45, 2.75) is 13.5 Å². The van der Waals surface area contributed by atoms with Gasteiger partial charge in [-0.3, -0.25) is 9.69 Å². The van der Waals surface area contributed by atoms with Gasteiger partial charge in [0, 0.05) is 6.54 Å². The number of nitrogens with one attached hydrogen (secondary N) is 1. The number of nitrogens with zero attached hydrogens (tertiary/aromatic N) is 1. The van der Waals surface area contributed by atoms with Gasteiger partial charge < -0.3 is 10.1 Å². The molecule has 0 unspecified atom stereocenters. The average molecular weight is 592 g/mol. The number of amides is 3. The summed E-state index contributed by atoms with van der Waals surface area (Å²) >= 11 is 4.31. The highest BCUT2D eigenvalue weighted by atomic mass is 127. The van der Waals surface area contributed by atoms with E-state index in [1.54, 1.807) is 25.1 Å². The van der Waals surface area contributed by atoms with Gasteiger partial charge in [0.15, 0.2) is 0 Å². The smallest absolute Gasteiger partial charge is 0.328 e. The monoisotopic (exact) mass is 592 g/mol. The minimum absolute atomic E-state index is 0.252. The lowest BCUT2D eigenvalue weighted by molar-refractivity contribution is -0.122. The number of benzene rings is 2. The molecule has 1 heterocycles. The van der Waals surface area contributed by atoms with Gasteiger partial charge >= 0.3 is 6.03 Å². The van der Waals surface area contributed by atoms with Crippen LogP contribution in [0.1, 0.15) is 18.1 Å². The van der Waals surface area contributed by atoms with E-state index in [1.807, 2.05) is 12.1 Å². The summed E-state index contributed by atoms with van der Waals surface area (Å²) in [6.07, 6.45) is 1.65. The Kier molecular flexibility index (Phi) is 6.35. The molecule has 0 aliphatic carbocycles. The maximum Gasteiger partial charge on any atom is 0.328 e. The second kappa shape index (κ2) is 8.55. The van der Waals surface area contributed by atoms with E-state index in [9.17, 15) is 14.0 Å². The van der Waals surface area contributed by atoms with Crippen molar-refractivity contribution in [3.05, 3.63) is 66.2 Å². The van der Waals surface area contributed by atoms with Crippen molar-refractivity contribution < 1.29 is 18.7 Å². The Bertz CT molecular complexity index is 923. The summed E-state index contributed by atoms with van der Waals surface area (Å²) in [5.41, 5.74) is 1.78. The molecule has 2 aromatic carbocycles. The molecule has 1 fully saturated rings. The quantitative estimate of drug-likeness (QED) is 0.316. The van der Waals surface area contributed by atoms with Crippen molar-refractivity contribution in [1.82, 2.24) is 10.2 Å². The van der Waals surface area contributed by atoms with Gasteiger partial charge in [-0.25, -0.2) is 9.18 Å². The lowest BCUT2D eigenvalue weighted by Gasteiger charge is -2.12. The molecule has 5 nitrogen and oxygen atoms in total. The SMILES string of the molecule is CCN1C(=O)N/C(=C/c2cc(I)c(OCc3cccc(F)c3)c(I)c2)C1=O. The Hall–Kier alpha value is -1.69. The van der Waals surface area contributed by atoms with E-state index in [4.69, 9.17) is 4.74 Å². The molecule has 8 heteroatoms. The molecule has 1 N–H and O–H groups in total. The van der Waals surface area contributed by atoms with Crippen LogP contribution in [0, 0.1) is 13.0 Å². The third-order valence-electron chi connectivity index (χ3n) is 3.88. The summed E-state index contributed by atoms with van der Waals surface area (Å²) in [7, 11) is 0. The van der Waals surface area contributed by atoms with Gasteiger partial charge in [0.1, 0.15) is 23.9 Å². The summed E-state index contributed by atoms with van der Waals surface area (Å²) < 4.78 is 20.9. The Morgan fingerprint density at radius 3 is 2.48 bits per heavy atom. The van der Waals surface area contributed by atoms with Crippen LogP contribution in [0.2, 0.25) is 0 Å². The first kappa shape index (κ1) is 20.1. The van der Waals surface area contributed by atoms with Crippen LogP contribution >= 0.6 is 45.2 Å². The molecule has 0 aromatic heterocycles. The molecule has 1 saturated heterocycles. The van der Waals surface area contributed by atoms with Gasteiger partial charge in [0.25, 0.3) is 5.91 Å². The van der Waals surface area contributed by atoms with E-state index in [-0.39, 0.29) is 24.0 Å². The van der Waals surface area contributed by atoms with Crippen LogP contribution in [-0.2, 0) is 11.4 Å². The first-order valence-corrected chi connectivity index (χ1v) is 10.3. The molecule has 3 amide bonds. The second-order valence-electron chi connectivity index (χ2n) is 5.77. The van der Waals surface area contributed by atoms with Gasteiger partial charge in [0.05, 0.1) is 7.14 Å². The van der Waals surface area contributed by atoms with Crippen molar-refractivity contribution in [3.63, 3.8) is 0 Å². The molecule has 3 rings (SSSR count). The number of carbonyl (C=O) groups excluding carboxylic acids is 2.